The monoisotopic (exact) mass is 446 g/mol. The van der Waals surface area contributed by atoms with Crippen LogP contribution in [0.3, 0.4) is 0 Å². The van der Waals surface area contributed by atoms with Gasteiger partial charge in [0.15, 0.2) is 8.32 Å². The molecule has 3 rings (SSSR count). The Morgan fingerprint density at radius 3 is 2.35 bits per heavy atom. The van der Waals surface area contributed by atoms with E-state index < -0.39 is 19.8 Å². The summed E-state index contributed by atoms with van der Waals surface area (Å²) < 4.78 is 6.28. The molecule has 0 aromatic heterocycles. The van der Waals surface area contributed by atoms with Crippen molar-refractivity contribution >= 4 is 20.3 Å². The number of piperidine rings is 1. The number of benzene rings is 1. The Labute approximate surface area is 187 Å². The van der Waals surface area contributed by atoms with Crippen molar-refractivity contribution in [3.05, 3.63) is 35.9 Å². The van der Waals surface area contributed by atoms with Gasteiger partial charge in [0.2, 0.25) is 5.91 Å². The van der Waals surface area contributed by atoms with Crippen LogP contribution in [0, 0.1) is 5.41 Å². The summed E-state index contributed by atoms with van der Waals surface area (Å²) in [4.78, 5) is 28.6. The molecular weight excluding hydrogens is 408 g/mol. The first-order valence-electron chi connectivity index (χ1n) is 11.4. The number of nitrogens with zero attached hydrogens (tertiary/aromatic N) is 2. The number of hydrogen-bond acceptors (Lipinski definition) is 4. The number of rotatable bonds is 6. The molecule has 1 spiro atoms. The van der Waals surface area contributed by atoms with Crippen molar-refractivity contribution in [2.45, 2.75) is 77.2 Å². The third-order valence-electron chi connectivity index (χ3n) is 7.65. The van der Waals surface area contributed by atoms with Crippen molar-refractivity contribution in [1.82, 2.24) is 9.80 Å². The van der Waals surface area contributed by atoms with Gasteiger partial charge in [0.1, 0.15) is 0 Å². The highest BCUT2D eigenvalue weighted by Gasteiger charge is 2.54. The normalized spacial score (nSPS) is 22.3. The van der Waals surface area contributed by atoms with Crippen molar-refractivity contribution in [2.75, 3.05) is 19.7 Å². The first-order valence-corrected chi connectivity index (χ1v) is 14.3. The highest BCUT2D eigenvalue weighted by Crippen LogP contribution is 2.46. The number of amides is 2. The fraction of sp³-hybridized carbons (Fsp3) is 0.667. The van der Waals surface area contributed by atoms with Crippen molar-refractivity contribution in [1.29, 1.82) is 0 Å². The second-order valence-corrected chi connectivity index (χ2v) is 15.6. The summed E-state index contributed by atoms with van der Waals surface area (Å²) in [7, 11) is -1.89. The van der Waals surface area contributed by atoms with E-state index in [-0.39, 0.29) is 17.0 Å². The summed E-state index contributed by atoms with van der Waals surface area (Å²) in [5, 5.41) is 9.87. The van der Waals surface area contributed by atoms with Crippen molar-refractivity contribution in [3.8, 4) is 0 Å². The Morgan fingerprint density at radius 1 is 1.19 bits per heavy atom. The van der Waals surface area contributed by atoms with Crippen LogP contribution in [0.25, 0.3) is 0 Å². The molecule has 2 heterocycles. The van der Waals surface area contributed by atoms with Crippen molar-refractivity contribution in [3.63, 3.8) is 0 Å². The molecule has 2 fully saturated rings. The van der Waals surface area contributed by atoms with E-state index in [4.69, 9.17) is 4.43 Å². The highest BCUT2D eigenvalue weighted by atomic mass is 28.4. The molecule has 2 aliphatic heterocycles. The number of likely N-dealkylation sites (tertiary alicyclic amines) is 2. The molecule has 6 nitrogen and oxygen atoms in total. The Bertz CT molecular complexity index is 783. The van der Waals surface area contributed by atoms with Gasteiger partial charge in [0.25, 0.3) is 0 Å². The van der Waals surface area contributed by atoms with E-state index >= 15 is 0 Å². The molecule has 1 N–H and O–H groups in total. The SMILES string of the molecule is CC(C)(C)[Si](C)(C)OCC[C@H]1CC2(CCN(Cc3ccccc3)CC2)C(=O)N1C(=O)O. The van der Waals surface area contributed by atoms with Gasteiger partial charge in [-0.15, -0.1) is 0 Å². The Kier molecular flexibility index (Phi) is 6.98. The van der Waals surface area contributed by atoms with Crippen LogP contribution in [0.5, 0.6) is 0 Å². The molecule has 31 heavy (non-hydrogen) atoms. The van der Waals surface area contributed by atoms with E-state index in [1.54, 1.807) is 0 Å². The predicted molar refractivity (Wildman–Crippen MR) is 124 cm³/mol. The quantitative estimate of drug-likeness (QED) is 0.626. The summed E-state index contributed by atoms with van der Waals surface area (Å²) in [5.74, 6) is -0.198. The summed E-state index contributed by atoms with van der Waals surface area (Å²) in [5.41, 5.74) is 0.733. The zero-order valence-corrected chi connectivity index (χ0v) is 20.7. The third kappa shape index (κ3) is 5.21. The predicted octanol–water partition coefficient (Wildman–Crippen LogP) is 4.96. The summed E-state index contributed by atoms with van der Waals surface area (Å²) >= 11 is 0. The first-order chi connectivity index (χ1) is 14.5. The number of hydrogen-bond donors (Lipinski definition) is 1. The number of carbonyl (C=O) groups excluding carboxylic acids is 1. The summed E-state index contributed by atoms with van der Waals surface area (Å²) in [6.07, 6.45) is 1.54. The minimum Gasteiger partial charge on any atom is -0.465 e. The molecule has 1 aromatic rings. The van der Waals surface area contributed by atoms with Gasteiger partial charge >= 0.3 is 6.09 Å². The maximum Gasteiger partial charge on any atom is 0.414 e. The average Bonchev–Trinajstić information content (AvgIpc) is 2.95. The maximum absolute atomic E-state index is 13.2. The van der Waals surface area contributed by atoms with Gasteiger partial charge in [-0.2, -0.15) is 0 Å². The molecule has 0 aliphatic carbocycles. The topological polar surface area (TPSA) is 70.1 Å². The summed E-state index contributed by atoms with van der Waals surface area (Å²) in [6.45, 7) is 14.0. The van der Waals surface area contributed by atoms with Gasteiger partial charge in [-0.25, -0.2) is 9.69 Å². The molecule has 1 aromatic carbocycles. The van der Waals surface area contributed by atoms with E-state index in [1.165, 1.54) is 5.56 Å². The number of carbonyl (C=O) groups is 2. The molecule has 0 bridgehead atoms. The van der Waals surface area contributed by atoms with Crippen molar-refractivity contribution < 1.29 is 19.1 Å². The number of carboxylic acid groups (broad SMARTS) is 1. The second-order valence-electron chi connectivity index (χ2n) is 10.8. The molecule has 2 saturated heterocycles. The largest absolute Gasteiger partial charge is 0.465 e. The molecular formula is C24H38N2O4Si. The van der Waals surface area contributed by atoms with Gasteiger partial charge in [0.05, 0.1) is 5.41 Å². The lowest BCUT2D eigenvalue weighted by Gasteiger charge is -2.37. The van der Waals surface area contributed by atoms with Crippen LogP contribution < -0.4 is 0 Å². The third-order valence-corrected chi connectivity index (χ3v) is 12.2. The number of imide groups is 1. The molecule has 0 saturated carbocycles. The Hall–Kier alpha value is -1.70. The van der Waals surface area contributed by atoms with Crippen LogP contribution in [-0.2, 0) is 15.8 Å². The fourth-order valence-electron chi connectivity index (χ4n) is 4.59. The summed E-state index contributed by atoms with van der Waals surface area (Å²) in [6, 6.07) is 10.1. The molecule has 2 aliphatic rings. The molecule has 7 heteroatoms. The van der Waals surface area contributed by atoms with E-state index in [9.17, 15) is 14.7 Å². The van der Waals surface area contributed by atoms with E-state index in [0.29, 0.717) is 19.4 Å². The zero-order valence-electron chi connectivity index (χ0n) is 19.7. The van der Waals surface area contributed by atoms with E-state index in [0.717, 1.165) is 37.4 Å². The molecule has 172 valence electrons. The molecule has 0 unspecified atom stereocenters. The van der Waals surface area contributed by atoms with Crippen LogP contribution >= 0.6 is 0 Å². The van der Waals surface area contributed by atoms with Gasteiger partial charge in [-0.3, -0.25) is 9.69 Å². The lowest BCUT2D eigenvalue weighted by molar-refractivity contribution is -0.137. The average molecular weight is 447 g/mol. The molecule has 0 radical (unpaired) electrons. The molecule has 2 amide bonds. The van der Waals surface area contributed by atoms with Gasteiger partial charge < -0.3 is 9.53 Å². The molecule has 1 atom stereocenters. The van der Waals surface area contributed by atoms with Crippen LogP contribution in [-0.4, -0.2) is 61.0 Å². The lowest BCUT2D eigenvalue weighted by Crippen LogP contribution is -2.46. The van der Waals surface area contributed by atoms with Gasteiger partial charge in [-0.1, -0.05) is 51.1 Å². The lowest BCUT2D eigenvalue weighted by atomic mass is 9.75. The van der Waals surface area contributed by atoms with Crippen LogP contribution in [0.1, 0.15) is 52.0 Å². The second kappa shape index (κ2) is 9.04. The van der Waals surface area contributed by atoms with E-state index in [1.807, 2.05) is 18.2 Å². The van der Waals surface area contributed by atoms with E-state index in [2.05, 4.69) is 50.9 Å². The Balaban J connectivity index is 1.61. The van der Waals surface area contributed by atoms with Crippen molar-refractivity contribution in [2.24, 2.45) is 5.41 Å². The first kappa shape index (κ1) is 23.9. The minimum absolute atomic E-state index is 0.109. The maximum atomic E-state index is 13.2. The van der Waals surface area contributed by atoms with Crippen LogP contribution in [0.4, 0.5) is 4.79 Å². The van der Waals surface area contributed by atoms with Crippen LogP contribution in [0.2, 0.25) is 18.1 Å². The zero-order chi connectivity index (χ0) is 22.9. The standard InChI is InChI=1S/C24H38N2O4Si/c1-23(2,3)31(4,5)30-16-11-20-17-24(21(27)26(20)22(28)29)12-14-25(15-13-24)18-19-9-7-6-8-10-19/h6-10,20H,11-18H2,1-5H3,(H,28,29)/t20-/m0/s1. The van der Waals surface area contributed by atoms with Gasteiger partial charge in [0, 0.05) is 19.2 Å². The highest BCUT2D eigenvalue weighted by molar-refractivity contribution is 6.74. The van der Waals surface area contributed by atoms with Crippen LogP contribution in [0.15, 0.2) is 30.3 Å². The van der Waals surface area contributed by atoms with Gasteiger partial charge in [-0.05, 0) is 62.5 Å². The smallest absolute Gasteiger partial charge is 0.414 e. The fourth-order valence-corrected chi connectivity index (χ4v) is 5.65. The Morgan fingerprint density at radius 2 is 1.81 bits per heavy atom. The minimum atomic E-state index is -1.89.